The van der Waals surface area contributed by atoms with Crippen molar-refractivity contribution in [1.82, 2.24) is 10.3 Å². The lowest BCUT2D eigenvalue weighted by Gasteiger charge is -2.20. The molecule has 1 fully saturated rings. The van der Waals surface area contributed by atoms with Gasteiger partial charge in [-0.25, -0.2) is 4.98 Å². The van der Waals surface area contributed by atoms with Crippen molar-refractivity contribution < 1.29 is 4.79 Å². The number of pyridine rings is 1. The zero-order valence-corrected chi connectivity index (χ0v) is 11.2. The molecule has 0 bridgehead atoms. The van der Waals surface area contributed by atoms with Crippen LogP contribution in [0, 0.1) is 0 Å². The first-order chi connectivity index (χ1) is 8.75. The Hall–Kier alpha value is -1.09. The van der Waals surface area contributed by atoms with Crippen molar-refractivity contribution in [1.29, 1.82) is 0 Å². The molecule has 1 aliphatic rings. The van der Waals surface area contributed by atoms with E-state index in [9.17, 15) is 4.79 Å². The summed E-state index contributed by atoms with van der Waals surface area (Å²) >= 11 is 5.79. The lowest BCUT2D eigenvalue weighted by atomic mass is 9.96. The average Bonchev–Trinajstić information content (AvgIpc) is 2.32. The Morgan fingerprint density at radius 3 is 2.50 bits per heavy atom. The summed E-state index contributed by atoms with van der Waals surface area (Å²) in [5, 5.41) is 3.43. The Kier molecular flexibility index (Phi) is 5.00. The SMILES string of the molecule is O=C(NC1CCCCCCC1)c1cccc(Cl)n1. The van der Waals surface area contributed by atoms with E-state index >= 15 is 0 Å². The standard InChI is InChI=1S/C14H19ClN2O/c15-13-10-6-9-12(17-13)14(18)16-11-7-4-2-1-3-5-8-11/h6,9-11H,1-5,7-8H2,(H,16,18). The molecule has 3 nitrogen and oxygen atoms in total. The van der Waals surface area contributed by atoms with Gasteiger partial charge < -0.3 is 5.32 Å². The van der Waals surface area contributed by atoms with Gasteiger partial charge in [-0.15, -0.1) is 0 Å². The third-order valence-corrected chi connectivity index (χ3v) is 3.60. The normalized spacial score (nSPS) is 17.8. The van der Waals surface area contributed by atoms with Crippen LogP contribution in [-0.4, -0.2) is 16.9 Å². The first-order valence-electron chi connectivity index (χ1n) is 6.69. The summed E-state index contributed by atoms with van der Waals surface area (Å²) < 4.78 is 0. The maximum atomic E-state index is 12.0. The summed E-state index contributed by atoms with van der Waals surface area (Å²) in [5.74, 6) is -0.108. The molecule has 1 saturated carbocycles. The molecule has 1 aromatic rings. The van der Waals surface area contributed by atoms with E-state index in [2.05, 4.69) is 10.3 Å². The van der Waals surface area contributed by atoms with Crippen LogP contribution in [0.1, 0.15) is 55.4 Å². The molecule has 1 aromatic heterocycles. The molecule has 0 aromatic carbocycles. The molecule has 0 atom stereocenters. The second kappa shape index (κ2) is 6.74. The number of carbonyl (C=O) groups excluding carboxylic acids is 1. The molecule has 0 aliphatic heterocycles. The summed E-state index contributed by atoms with van der Waals surface area (Å²) in [7, 11) is 0. The van der Waals surface area contributed by atoms with Gasteiger partial charge in [0.15, 0.2) is 0 Å². The van der Waals surface area contributed by atoms with Gasteiger partial charge >= 0.3 is 0 Å². The van der Waals surface area contributed by atoms with E-state index < -0.39 is 0 Å². The van der Waals surface area contributed by atoms with Gasteiger partial charge in [0.2, 0.25) is 0 Å². The number of aromatic nitrogens is 1. The second-order valence-corrected chi connectivity index (χ2v) is 5.25. The number of rotatable bonds is 2. The van der Waals surface area contributed by atoms with Crippen LogP contribution in [0.2, 0.25) is 5.15 Å². The lowest BCUT2D eigenvalue weighted by molar-refractivity contribution is 0.0925. The number of halogens is 1. The van der Waals surface area contributed by atoms with E-state index in [1.807, 2.05) is 0 Å². The fourth-order valence-electron chi connectivity index (χ4n) is 2.39. The average molecular weight is 267 g/mol. The van der Waals surface area contributed by atoms with Crippen LogP contribution >= 0.6 is 11.6 Å². The van der Waals surface area contributed by atoms with Crippen molar-refractivity contribution in [3.05, 3.63) is 29.0 Å². The molecular formula is C14H19ClN2O. The molecule has 4 heteroatoms. The first-order valence-corrected chi connectivity index (χ1v) is 7.07. The number of nitrogens with zero attached hydrogens (tertiary/aromatic N) is 1. The molecule has 2 rings (SSSR count). The maximum absolute atomic E-state index is 12.0. The molecular weight excluding hydrogens is 248 g/mol. The van der Waals surface area contributed by atoms with Crippen molar-refractivity contribution in [2.45, 2.75) is 51.0 Å². The minimum atomic E-state index is -0.108. The molecule has 1 amide bonds. The van der Waals surface area contributed by atoms with E-state index in [4.69, 9.17) is 11.6 Å². The summed E-state index contributed by atoms with van der Waals surface area (Å²) in [6.45, 7) is 0. The lowest BCUT2D eigenvalue weighted by Crippen LogP contribution is -2.35. The molecule has 18 heavy (non-hydrogen) atoms. The second-order valence-electron chi connectivity index (χ2n) is 4.86. The summed E-state index contributed by atoms with van der Waals surface area (Å²) in [5.41, 5.74) is 0.407. The third kappa shape index (κ3) is 3.98. The van der Waals surface area contributed by atoms with Crippen molar-refractivity contribution in [3.63, 3.8) is 0 Å². The Morgan fingerprint density at radius 1 is 1.17 bits per heavy atom. The monoisotopic (exact) mass is 266 g/mol. The van der Waals surface area contributed by atoms with Gasteiger partial charge in [0.1, 0.15) is 10.8 Å². The van der Waals surface area contributed by atoms with Gasteiger partial charge in [-0.05, 0) is 25.0 Å². The molecule has 1 N–H and O–H groups in total. The summed E-state index contributed by atoms with van der Waals surface area (Å²) in [4.78, 5) is 16.1. The molecule has 0 unspecified atom stereocenters. The van der Waals surface area contributed by atoms with Crippen LogP contribution in [0.4, 0.5) is 0 Å². The highest BCUT2D eigenvalue weighted by atomic mass is 35.5. The van der Waals surface area contributed by atoms with Gasteiger partial charge in [-0.3, -0.25) is 4.79 Å². The Balaban J connectivity index is 1.93. The molecule has 0 spiro atoms. The largest absolute Gasteiger partial charge is 0.348 e. The van der Waals surface area contributed by atoms with E-state index in [1.54, 1.807) is 18.2 Å². The predicted molar refractivity (Wildman–Crippen MR) is 72.8 cm³/mol. The number of hydrogen-bond donors (Lipinski definition) is 1. The van der Waals surface area contributed by atoms with Gasteiger partial charge in [-0.2, -0.15) is 0 Å². The summed E-state index contributed by atoms with van der Waals surface area (Å²) in [6.07, 6.45) is 8.44. The van der Waals surface area contributed by atoms with Crippen molar-refractivity contribution >= 4 is 17.5 Å². The Labute approximate surface area is 113 Å². The van der Waals surface area contributed by atoms with E-state index in [-0.39, 0.29) is 5.91 Å². The zero-order valence-electron chi connectivity index (χ0n) is 10.5. The van der Waals surface area contributed by atoms with Crippen LogP contribution in [0.25, 0.3) is 0 Å². The van der Waals surface area contributed by atoms with Crippen LogP contribution in [0.5, 0.6) is 0 Å². The molecule has 1 aliphatic carbocycles. The molecule has 1 heterocycles. The third-order valence-electron chi connectivity index (χ3n) is 3.39. The molecule has 0 radical (unpaired) electrons. The number of carbonyl (C=O) groups is 1. The van der Waals surface area contributed by atoms with E-state index in [0.717, 1.165) is 12.8 Å². The first kappa shape index (κ1) is 13.3. The highest BCUT2D eigenvalue weighted by Crippen LogP contribution is 2.17. The highest BCUT2D eigenvalue weighted by Gasteiger charge is 2.15. The quantitative estimate of drug-likeness (QED) is 0.832. The van der Waals surface area contributed by atoms with E-state index in [0.29, 0.717) is 16.9 Å². The number of nitrogens with one attached hydrogen (secondary N) is 1. The zero-order chi connectivity index (χ0) is 12.8. The fraction of sp³-hybridized carbons (Fsp3) is 0.571. The van der Waals surface area contributed by atoms with E-state index in [1.165, 1.54) is 32.1 Å². The highest BCUT2D eigenvalue weighted by molar-refractivity contribution is 6.29. The van der Waals surface area contributed by atoms with Gasteiger partial charge in [-0.1, -0.05) is 49.8 Å². The minimum absolute atomic E-state index is 0.108. The van der Waals surface area contributed by atoms with Gasteiger partial charge in [0.25, 0.3) is 5.91 Å². The van der Waals surface area contributed by atoms with Crippen molar-refractivity contribution in [3.8, 4) is 0 Å². The molecule has 98 valence electrons. The topological polar surface area (TPSA) is 42.0 Å². The molecule has 0 saturated heterocycles. The van der Waals surface area contributed by atoms with Crippen LogP contribution in [0.15, 0.2) is 18.2 Å². The predicted octanol–water partition coefficient (Wildman–Crippen LogP) is 3.58. The van der Waals surface area contributed by atoms with Crippen molar-refractivity contribution in [2.75, 3.05) is 0 Å². The minimum Gasteiger partial charge on any atom is -0.348 e. The Bertz CT molecular complexity index is 401. The van der Waals surface area contributed by atoms with Gasteiger partial charge in [0.05, 0.1) is 0 Å². The van der Waals surface area contributed by atoms with Gasteiger partial charge in [0, 0.05) is 6.04 Å². The number of hydrogen-bond acceptors (Lipinski definition) is 2. The number of amides is 1. The fourth-order valence-corrected chi connectivity index (χ4v) is 2.56. The smallest absolute Gasteiger partial charge is 0.270 e. The van der Waals surface area contributed by atoms with Crippen molar-refractivity contribution in [2.24, 2.45) is 0 Å². The van der Waals surface area contributed by atoms with Crippen LogP contribution in [-0.2, 0) is 0 Å². The summed E-state index contributed by atoms with van der Waals surface area (Å²) in [6, 6.07) is 5.42. The Morgan fingerprint density at radius 2 is 1.83 bits per heavy atom. The maximum Gasteiger partial charge on any atom is 0.270 e. The van der Waals surface area contributed by atoms with Crippen LogP contribution < -0.4 is 5.32 Å². The van der Waals surface area contributed by atoms with Crippen LogP contribution in [0.3, 0.4) is 0 Å².